The minimum Gasteiger partial charge on any atom is -0.480 e. The second-order valence-electron chi connectivity index (χ2n) is 8.28. The number of nitrogens with one attached hydrogen (secondary N) is 3. The van der Waals surface area contributed by atoms with Gasteiger partial charge in [0.2, 0.25) is 5.91 Å². The number of amides is 2. The van der Waals surface area contributed by atoms with Crippen LogP contribution in [0.1, 0.15) is 22.7 Å². The highest BCUT2D eigenvalue weighted by Crippen LogP contribution is 2.44. The normalized spacial score (nSPS) is 13.9. The summed E-state index contributed by atoms with van der Waals surface area (Å²) in [6.07, 6.45) is 1.06. The smallest absolute Gasteiger partial charge is 0.407 e. The second-order valence-corrected chi connectivity index (χ2v) is 8.28. The van der Waals surface area contributed by atoms with Crippen molar-refractivity contribution in [3.8, 4) is 11.1 Å². The first-order valence-electron chi connectivity index (χ1n) is 11.2. The van der Waals surface area contributed by atoms with E-state index in [2.05, 4.69) is 15.6 Å². The maximum absolute atomic E-state index is 12.9. The third kappa shape index (κ3) is 5.52. The Morgan fingerprint density at radius 3 is 2.17 bits per heavy atom. The Morgan fingerprint density at radius 2 is 1.60 bits per heavy atom. The Labute approximate surface area is 202 Å². The van der Waals surface area contributed by atoms with Crippen molar-refractivity contribution < 1.29 is 29.0 Å². The summed E-state index contributed by atoms with van der Waals surface area (Å²) in [6, 6.07) is 17.2. The standard InChI is InChI=1S/C26H27N3O6/c1-34-15-23(25(31)32)28-24(30)22(13-16-7-6-12-27-16)29-26(33)35-14-21-19-10-4-2-8-17(19)18-9-3-5-11-20(18)21/h2-12,21-23,27H,13-15H2,1H3,(H,28,30)(H,29,33)(H,31,32). The summed E-state index contributed by atoms with van der Waals surface area (Å²) in [5, 5.41) is 14.3. The molecule has 0 fully saturated rings. The van der Waals surface area contributed by atoms with Crippen molar-refractivity contribution in [1.29, 1.82) is 0 Å². The van der Waals surface area contributed by atoms with E-state index in [1.165, 1.54) is 7.11 Å². The summed E-state index contributed by atoms with van der Waals surface area (Å²) >= 11 is 0. The van der Waals surface area contributed by atoms with Crippen molar-refractivity contribution in [1.82, 2.24) is 15.6 Å². The molecule has 9 heteroatoms. The molecule has 0 radical (unpaired) electrons. The van der Waals surface area contributed by atoms with Gasteiger partial charge in [-0.3, -0.25) is 4.79 Å². The highest BCUT2D eigenvalue weighted by molar-refractivity contribution is 5.89. The Morgan fingerprint density at radius 1 is 0.943 bits per heavy atom. The summed E-state index contributed by atoms with van der Waals surface area (Å²) in [4.78, 5) is 40.0. The number of H-pyrrole nitrogens is 1. The van der Waals surface area contributed by atoms with Gasteiger partial charge in [0.05, 0.1) is 6.61 Å². The molecule has 35 heavy (non-hydrogen) atoms. The molecule has 0 bridgehead atoms. The predicted molar refractivity (Wildman–Crippen MR) is 128 cm³/mol. The first kappa shape index (κ1) is 24.0. The molecule has 0 aliphatic heterocycles. The van der Waals surface area contributed by atoms with Crippen LogP contribution in [0.3, 0.4) is 0 Å². The van der Waals surface area contributed by atoms with Crippen LogP contribution in [0.4, 0.5) is 4.79 Å². The summed E-state index contributed by atoms with van der Waals surface area (Å²) in [6.45, 7) is -0.112. The molecule has 4 N–H and O–H groups in total. The third-order valence-corrected chi connectivity index (χ3v) is 5.99. The Balaban J connectivity index is 1.44. The van der Waals surface area contributed by atoms with Gasteiger partial charge < -0.3 is 30.2 Å². The SMILES string of the molecule is COCC(NC(=O)C(Cc1ccc[nH]1)NC(=O)OCC1c2ccccc2-c2ccccc21)C(=O)O. The van der Waals surface area contributed by atoms with Gasteiger partial charge in [-0.1, -0.05) is 48.5 Å². The minimum atomic E-state index is -1.25. The number of methoxy groups -OCH3 is 1. The van der Waals surface area contributed by atoms with Crippen LogP contribution in [-0.2, 0) is 25.5 Å². The van der Waals surface area contributed by atoms with Crippen LogP contribution >= 0.6 is 0 Å². The van der Waals surface area contributed by atoms with Crippen LogP contribution in [0.15, 0.2) is 66.9 Å². The van der Waals surface area contributed by atoms with E-state index in [0.717, 1.165) is 22.3 Å². The summed E-state index contributed by atoms with van der Waals surface area (Å²) in [7, 11) is 1.34. The molecule has 2 amide bonds. The van der Waals surface area contributed by atoms with E-state index in [1.54, 1.807) is 18.3 Å². The van der Waals surface area contributed by atoms with E-state index < -0.39 is 30.1 Å². The van der Waals surface area contributed by atoms with E-state index in [9.17, 15) is 19.5 Å². The number of carbonyl (C=O) groups is 3. The van der Waals surface area contributed by atoms with Crippen LogP contribution in [0.25, 0.3) is 11.1 Å². The number of rotatable bonds is 10. The fraction of sp³-hybridized carbons (Fsp3) is 0.269. The van der Waals surface area contributed by atoms with Gasteiger partial charge in [0, 0.05) is 31.3 Å². The maximum Gasteiger partial charge on any atom is 0.407 e. The molecular formula is C26H27N3O6. The number of aromatic amines is 1. The van der Waals surface area contributed by atoms with Crippen molar-refractivity contribution in [3.63, 3.8) is 0 Å². The second kappa shape index (κ2) is 10.9. The highest BCUT2D eigenvalue weighted by Gasteiger charge is 2.31. The molecule has 1 aromatic heterocycles. The van der Waals surface area contributed by atoms with Gasteiger partial charge >= 0.3 is 12.1 Å². The predicted octanol–water partition coefficient (Wildman–Crippen LogP) is 2.68. The first-order chi connectivity index (χ1) is 17.0. The van der Waals surface area contributed by atoms with E-state index in [4.69, 9.17) is 9.47 Å². The molecule has 2 atom stereocenters. The van der Waals surface area contributed by atoms with Crippen LogP contribution in [0, 0.1) is 0 Å². The molecule has 4 rings (SSSR count). The van der Waals surface area contributed by atoms with Crippen molar-refractivity contribution in [2.45, 2.75) is 24.4 Å². The van der Waals surface area contributed by atoms with E-state index >= 15 is 0 Å². The molecular weight excluding hydrogens is 450 g/mol. The lowest BCUT2D eigenvalue weighted by Crippen LogP contribution is -2.53. The number of fused-ring (bicyclic) bond motifs is 3. The van der Waals surface area contributed by atoms with Gasteiger partial charge in [0.15, 0.2) is 6.04 Å². The van der Waals surface area contributed by atoms with Crippen LogP contribution in [-0.4, -0.2) is 60.5 Å². The van der Waals surface area contributed by atoms with Gasteiger partial charge in [-0.2, -0.15) is 0 Å². The molecule has 1 aliphatic carbocycles. The lowest BCUT2D eigenvalue weighted by Gasteiger charge is -2.21. The van der Waals surface area contributed by atoms with Crippen LogP contribution < -0.4 is 10.6 Å². The van der Waals surface area contributed by atoms with Gasteiger partial charge in [0.25, 0.3) is 0 Å². The molecule has 2 aromatic carbocycles. The number of carbonyl (C=O) groups excluding carboxylic acids is 2. The van der Waals surface area contributed by atoms with Gasteiger partial charge in [0.1, 0.15) is 12.6 Å². The molecule has 1 aliphatic rings. The lowest BCUT2D eigenvalue weighted by atomic mass is 9.98. The average Bonchev–Trinajstić information content (AvgIpc) is 3.48. The first-order valence-corrected chi connectivity index (χ1v) is 11.2. The molecule has 3 aromatic rings. The zero-order valence-electron chi connectivity index (χ0n) is 19.2. The Kier molecular flexibility index (Phi) is 7.47. The van der Waals surface area contributed by atoms with E-state index in [0.29, 0.717) is 5.69 Å². The quantitative estimate of drug-likeness (QED) is 0.355. The topological polar surface area (TPSA) is 130 Å². The van der Waals surface area contributed by atoms with Crippen molar-refractivity contribution in [2.24, 2.45) is 0 Å². The fourth-order valence-corrected chi connectivity index (χ4v) is 4.32. The summed E-state index contributed by atoms with van der Waals surface area (Å²) in [5.41, 5.74) is 5.07. The number of aliphatic carboxylic acids is 1. The van der Waals surface area contributed by atoms with Gasteiger partial charge in [-0.15, -0.1) is 0 Å². The molecule has 0 saturated carbocycles. The summed E-state index contributed by atoms with van der Waals surface area (Å²) in [5.74, 6) is -2.01. The van der Waals surface area contributed by atoms with Gasteiger partial charge in [-0.25, -0.2) is 9.59 Å². The number of ether oxygens (including phenoxy) is 2. The minimum absolute atomic E-state index is 0.0954. The van der Waals surface area contributed by atoms with Crippen molar-refractivity contribution in [3.05, 3.63) is 83.7 Å². The molecule has 0 saturated heterocycles. The number of hydrogen-bond acceptors (Lipinski definition) is 5. The molecule has 182 valence electrons. The molecule has 9 nitrogen and oxygen atoms in total. The zero-order chi connectivity index (χ0) is 24.8. The largest absolute Gasteiger partial charge is 0.480 e. The zero-order valence-corrected chi connectivity index (χ0v) is 19.2. The number of hydrogen-bond donors (Lipinski definition) is 4. The maximum atomic E-state index is 12.9. The molecule has 2 unspecified atom stereocenters. The monoisotopic (exact) mass is 477 g/mol. The number of carboxylic acid groups (broad SMARTS) is 1. The van der Waals surface area contributed by atoms with E-state index in [-0.39, 0.29) is 25.6 Å². The van der Waals surface area contributed by atoms with Crippen molar-refractivity contribution >= 4 is 18.0 Å². The highest BCUT2D eigenvalue weighted by atomic mass is 16.5. The third-order valence-electron chi connectivity index (χ3n) is 5.99. The number of alkyl carbamates (subject to hydrolysis) is 1. The molecule has 0 spiro atoms. The Bertz CT molecular complexity index is 1150. The number of carboxylic acids is 1. The number of benzene rings is 2. The Hall–Kier alpha value is -4.11. The van der Waals surface area contributed by atoms with Crippen LogP contribution in [0.2, 0.25) is 0 Å². The number of aromatic nitrogens is 1. The lowest BCUT2D eigenvalue weighted by molar-refractivity contribution is -0.143. The van der Waals surface area contributed by atoms with E-state index in [1.807, 2.05) is 48.5 Å². The van der Waals surface area contributed by atoms with Crippen LogP contribution in [0.5, 0.6) is 0 Å². The fourth-order valence-electron chi connectivity index (χ4n) is 4.32. The average molecular weight is 478 g/mol. The molecule has 1 heterocycles. The van der Waals surface area contributed by atoms with Gasteiger partial charge in [-0.05, 0) is 34.4 Å². The van der Waals surface area contributed by atoms with Crippen molar-refractivity contribution in [2.75, 3.05) is 20.3 Å². The summed E-state index contributed by atoms with van der Waals surface area (Å²) < 4.78 is 10.4.